The average molecular weight is 519 g/mol. The molecule has 3 aromatic rings. The number of nitrogens with zero attached hydrogens (tertiary/aromatic N) is 1. The number of hydrogen-bond acceptors (Lipinski definition) is 3. The summed E-state index contributed by atoms with van der Waals surface area (Å²) in [6, 6.07) is 22.2. The molecule has 1 N–H and O–H groups in total. The summed E-state index contributed by atoms with van der Waals surface area (Å²) in [5, 5.41) is 3.63. The van der Waals surface area contributed by atoms with Crippen molar-refractivity contribution >= 4 is 52.2 Å². The SMILES string of the molecule is CC(=O)Nc1ccc(N2C(=O)CC(c3c(Cl)cccc3Cl)C3=C2CC(c2ccccc2)CC3=O)cc1. The molecule has 0 radical (unpaired) electrons. The minimum atomic E-state index is -0.507. The first-order chi connectivity index (χ1) is 17.3. The number of allylic oxidation sites excluding steroid dienone is 2. The van der Waals surface area contributed by atoms with Crippen LogP contribution in [0.1, 0.15) is 49.1 Å². The number of hydrogen-bond donors (Lipinski definition) is 1. The van der Waals surface area contributed by atoms with Crippen LogP contribution in [0.2, 0.25) is 10.0 Å². The number of amides is 2. The number of benzene rings is 3. The Balaban J connectivity index is 1.64. The van der Waals surface area contributed by atoms with E-state index in [-0.39, 0.29) is 29.9 Å². The van der Waals surface area contributed by atoms with E-state index in [1.54, 1.807) is 47.4 Å². The van der Waals surface area contributed by atoms with Gasteiger partial charge in [0.25, 0.3) is 0 Å². The molecule has 0 aromatic heterocycles. The molecule has 2 aliphatic rings. The van der Waals surface area contributed by atoms with Gasteiger partial charge in [-0.3, -0.25) is 19.3 Å². The first kappa shape index (κ1) is 24.3. The summed E-state index contributed by atoms with van der Waals surface area (Å²) >= 11 is 13.1. The molecule has 0 fully saturated rings. The van der Waals surface area contributed by atoms with E-state index in [1.165, 1.54) is 6.92 Å². The van der Waals surface area contributed by atoms with E-state index >= 15 is 0 Å². The normalized spacial score (nSPS) is 19.8. The Labute approximate surface area is 219 Å². The molecular weight excluding hydrogens is 495 g/mol. The second-order valence-electron chi connectivity index (χ2n) is 9.15. The molecule has 3 aromatic carbocycles. The van der Waals surface area contributed by atoms with Crippen LogP contribution in [0.4, 0.5) is 11.4 Å². The first-order valence-electron chi connectivity index (χ1n) is 11.8. The van der Waals surface area contributed by atoms with Crippen molar-refractivity contribution in [2.75, 3.05) is 10.2 Å². The number of carbonyl (C=O) groups excluding carboxylic acids is 3. The molecule has 7 heteroatoms. The largest absolute Gasteiger partial charge is 0.326 e. The Kier molecular flexibility index (Phi) is 6.69. The van der Waals surface area contributed by atoms with Crippen molar-refractivity contribution < 1.29 is 14.4 Å². The minimum absolute atomic E-state index is 0.00143. The van der Waals surface area contributed by atoms with E-state index in [0.717, 1.165) is 5.56 Å². The first-order valence-corrected chi connectivity index (χ1v) is 12.5. The van der Waals surface area contributed by atoms with Gasteiger partial charge in [0.05, 0.1) is 0 Å². The fourth-order valence-corrected chi connectivity index (χ4v) is 5.94. The number of rotatable bonds is 4. The van der Waals surface area contributed by atoms with Crippen LogP contribution >= 0.6 is 23.2 Å². The fraction of sp³-hybridized carbons (Fsp3) is 0.207. The molecule has 2 atom stereocenters. The van der Waals surface area contributed by atoms with Gasteiger partial charge >= 0.3 is 0 Å². The summed E-state index contributed by atoms with van der Waals surface area (Å²) in [5.74, 6) is -0.869. The number of nitrogens with one attached hydrogen (secondary N) is 1. The van der Waals surface area contributed by atoms with Crippen LogP contribution in [-0.4, -0.2) is 17.6 Å². The number of anilines is 2. The standard InChI is InChI=1S/C29H24Cl2N2O3/c1-17(34)32-20-10-12-21(13-11-20)33-25-14-19(18-6-3-2-4-7-18)15-26(35)29(25)22(16-27(33)36)28-23(30)8-5-9-24(28)31/h2-13,19,22H,14-16H2,1H3,(H,32,34). The van der Waals surface area contributed by atoms with E-state index in [1.807, 2.05) is 30.3 Å². The van der Waals surface area contributed by atoms with Gasteiger partial charge < -0.3 is 5.32 Å². The van der Waals surface area contributed by atoms with Crippen molar-refractivity contribution in [3.63, 3.8) is 0 Å². The number of halogens is 2. The summed E-state index contributed by atoms with van der Waals surface area (Å²) < 4.78 is 0. The number of carbonyl (C=O) groups is 3. The van der Waals surface area contributed by atoms with E-state index in [0.29, 0.717) is 51.1 Å². The fourth-order valence-electron chi connectivity index (χ4n) is 5.28. The molecule has 1 aliphatic carbocycles. The van der Waals surface area contributed by atoms with Crippen LogP contribution in [0, 0.1) is 0 Å². The zero-order chi connectivity index (χ0) is 25.4. The Morgan fingerprint density at radius 2 is 1.53 bits per heavy atom. The number of Topliss-reactive ketones (excluding diaryl/α,β-unsaturated/α-hetero) is 1. The van der Waals surface area contributed by atoms with E-state index in [9.17, 15) is 14.4 Å². The summed E-state index contributed by atoms with van der Waals surface area (Å²) in [6.45, 7) is 1.44. The molecule has 0 bridgehead atoms. The number of ketones is 1. The zero-order valence-electron chi connectivity index (χ0n) is 19.6. The molecule has 0 saturated carbocycles. The van der Waals surface area contributed by atoms with Crippen LogP contribution in [0.25, 0.3) is 0 Å². The van der Waals surface area contributed by atoms with Gasteiger partial charge in [-0.15, -0.1) is 0 Å². The second-order valence-corrected chi connectivity index (χ2v) is 9.96. The maximum absolute atomic E-state index is 13.7. The Morgan fingerprint density at radius 1 is 0.861 bits per heavy atom. The molecule has 0 saturated heterocycles. The Morgan fingerprint density at radius 3 is 2.17 bits per heavy atom. The van der Waals surface area contributed by atoms with Crippen LogP contribution in [0.3, 0.4) is 0 Å². The molecule has 0 spiro atoms. The summed E-state index contributed by atoms with van der Waals surface area (Å²) in [4.78, 5) is 40.5. The molecular formula is C29H24Cl2N2O3. The van der Waals surface area contributed by atoms with Gasteiger partial charge in [-0.25, -0.2) is 0 Å². The third-order valence-electron chi connectivity index (χ3n) is 6.79. The highest BCUT2D eigenvalue weighted by Crippen LogP contribution is 2.49. The lowest BCUT2D eigenvalue weighted by molar-refractivity contribution is -0.120. The van der Waals surface area contributed by atoms with Gasteiger partial charge in [-0.2, -0.15) is 0 Å². The summed E-state index contributed by atoms with van der Waals surface area (Å²) in [5.41, 5.74) is 4.24. The van der Waals surface area contributed by atoms with Crippen molar-refractivity contribution in [2.45, 2.75) is 38.0 Å². The van der Waals surface area contributed by atoms with Crippen LogP contribution in [0.15, 0.2) is 84.1 Å². The van der Waals surface area contributed by atoms with Crippen molar-refractivity contribution in [3.05, 3.63) is 105 Å². The van der Waals surface area contributed by atoms with Crippen molar-refractivity contribution in [1.82, 2.24) is 0 Å². The predicted octanol–water partition coefficient (Wildman–Crippen LogP) is 6.87. The highest BCUT2D eigenvalue weighted by Gasteiger charge is 2.43. The van der Waals surface area contributed by atoms with E-state index in [4.69, 9.17) is 23.2 Å². The monoisotopic (exact) mass is 518 g/mol. The lowest BCUT2D eigenvalue weighted by Crippen LogP contribution is -2.42. The van der Waals surface area contributed by atoms with Crippen molar-refractivity contribution in [1.29, 1.82) is 0 Å². The molecule has 1 aliphatic heterocycles. The molecule has 2 unspecified atom stereocenters. The molecule has 5 nitrogen and oxygen atoms in total. The van der Waals surface area contributed by atoms with Crippen LogP contribution < -0.4 is 10.2 Å². The molecule has 182 valence electrons. The van der Waals surface area contributed by atoms with Gasteiger partial charge in [0.15, 0.2) is 5.78 Å². The average Bonchev–Trinajstić information content (AvgIpc) is 2.84. The van der Waals surface area contributed by atoms with Crippen LogP contribution in [0.5, 0.6) is 0 Å². The van der Waals surface area contributed by atoms with Gasteiger partial charge in [-0.05, 0) is 59.9 Å². The minimum Gasteiger partial charge on any atom is -0.326 e. The van der Waals surface area contributed by atoms with E-state index < -0.39 is 5.92 Å². The molecule has 5 rings (SSSR count). The highest BCUT2D eigenvalue weighted by atomic mass is 35.5. The Hall–Kier alpha value is -3.41. The lowest BCUT2D eigenvalue weighted by Gasteiger charge is -2.41. The van der Waals surface area contributed by atoms with Gasteiger partial charge in [-0.1, -0.05) is 59.6 Å². The smallest absolute Gasteiger partial charge is 0.232 e. The second kappa shape index (κ2) is 9.92. The highest BCUT2D eigenvalue weighted by molar-refractivity contribution is 6.36. The molecule has 36 heavy (non-hydrogen) atoms. The van der Waals surface area contributed by atoms with E-state index in [2.05, 4.69) is 5.32 Å². The molecule has 2 amide bonds. The van der Waals surface area contributed by atoms with Gasteiger partial charge in [0, 0.05) is 58.4 Å². The maximum atomic E-state index is 13.7. The summed E-state index contributed by atoms with van der Waals surface area (Å²) in [6.07, 6.45) is 0.964. The van der Waals surface area contributed by atoms with Crippen molar-refractivity contribution in [3.8, 4) is 0 Å². The summed E-state index contributed by atoms with van der Waals surface area (Å²) in [7, 11) is 0. The predicted molar refractivity (Wildman–Crippen MR) is 143 cm³/mol. The zero-order valence-corrected chi connectivity index (χ0v) is 21.1. The van der Waals surface area contributed by atoms with Crippen molar-refractivity contribution in [2.24, 2.45) is 0 Å². The van der Waals surface area contributed by atoms with Crippen LogP contribution in [-0.2, 0) is 14.4 Å². The quantitative estimate of drug-likeness (QED) is 0.409. The maximum Gasteiger partial charge on any atom is 0.232 e. The lowest BCUT2D eigenvalue weighted by atomic mass is 9.72. The third kappa shape index (κ3) is 4.57. The van der Waals surface area contributed by atoms with Gasteiger partial charge in [0.1, 0.15) is 0 Å². The Bertz CT molecular complexity index is 1360. The molecule has 1 heterocycles. The third-order valence-corrected chi connectivity index (χ3v) is 7.45. The van der Waals surface area contributed by atoms with Gasteiger partial charge in [0.2, 0.25) is 11.8 Å². The topological polar surface area (TPSA) is 66.5 Å².